The highest BCUT2D eigenvalue weighted by Gasteiger charge is 2.75. The lowest BCUT2D eigenvalue weighted by Crippen LogP contribution is -2.60. The molecule has 0 bridgehead atoms. The van der Waals surface area contributed by atoms with Gasteiger partial charge in [0.2, 0.25) is 0 Å². The number of hydrogen-bond donors (Lipinski definition) is 0. The molecule has 0 aromatic carbocycles. The summed E-state index contributed by atoms with van der Waals surface area (Å²) < 4.78 is 151. The lowest BCUT2D eigenvalue weighted by molar-refractivity contribution is -0.431. The van der Waals surface area contributed by atoms with Gasteiger partial charge in [0.05, 0.1) is 0 Å². The molecule has 0 aromatic heterocycles. The van der Waals surface area contributed by atoms with Crippen LogP contribution in [-0.2, 0) is 18.0 Å². The highest BCUT2D eigenvalue weighted by atomic mass is 28.4. The first kappa shape index (κ1) is 23.3. The van der Waals surface area contributed by atoms with Crippen molar-refractivity contribution in [1.82, 2.24) is 0 Å². The predicted molar refractivity (Wildman–Crippen MR) is 53.7 cm³/mol. The fourth-order valence-electron chi connectivity index (χ4n) is 1.12. The molecule has 146 valence electrons. The van der Waals surface area contributed by atoms with Crippen LogP contribution in [0, 0.1) is 0 Å². The molecule has 0 saturated carbocycles. The maximum atomic E-state index is 13.3. The molecule has 0 rings (SSSR count). The number of rotatable bonds is 8. The minimum Gasteiger partial charge on any atom is -0.375 e. The fraction of sp³-hybridized carbons (Fsp3) is 1.00. The van der Waals surface area contributed by atoms with Gasteiger partial charge in [-0.25, -0.2) is 4.39 Å². The second-order valence-corrected chi connectivity index (χ2v) is 6.73. The van der Waals surface area contributed by atoms with E-state index in [4.69, 9.17) is 0 Å². The smallest absolute Gasteiger partial charge is 0.375 e. The van der Waals surface area contributed by atoms with Crippen molar-refractivity contribution in [1.29, 1.82) is 0 Å². The van der Waals surface area contributed by atoms with Gasteiger partial charge < -0.3 is 13.3 Å². The van der Waals surface area contributed by atoms with E-state index in [1.807, 2.05) is 0 Å². The molecule has 0 aromatic rings. The lowest BCUT2D eigenvalue weighted by Gasteiger charge is -2.32. The van der Waals surface area contributed by atoms with Crippen LogP contribution in [0.1, 0.15) is 0 Å². The number of hydrogen-bond acceptors (Lipinski definition) is 4. The van der Waals surface area contributed by atoms with Crippen molar-refractivity contribution in [2.75, 3.05) is 21.0 Å². The van der Waals surface area contributed by atoms with Crippen LogP contribution in [0.4, 0.5) is 48.3 Å². The van der Waals surface area contributed by atoms with Crippen molar-refractivity contribution in [2.24, 2.45) is 0 Å². The van der Waals surface area contributed by atoms with Crippen LogP contribution in [0.2, 0.25) is 0 Å². The summed E-state index contributed by atoms with van der Waals surface area (Å²) >= 11 is 0. The Morgan fingerprint density at radius 1 is 0.833 bits per heavy atom. The van der Waals surface area contributed by atoms with Crippen LogP contribution < -0.4 is 0 Å². The van der Waals surface area contributed by atoms with Gasteiger partial charge in [0.15, 0.2) is 0 Å². The summed E-state index contributed by atoms with van der Waals surface area (Å²) in [5.74, 6) is -10.7. The SMILES string of the molecule is CO[Si](OC)(OCOC(F)(F)C(F)(F)C(F)(F)F)C(F)C(F)(F)F. The molecular formula is C8H9F11O4Si. The Labute approximate surface area is 127 Å². The van der Waals surface area contributed by atoms with Crippen LogP contribution in [0.25, 0.3) is 0 Å². The van der Waals surface area contributed by atoms with Gasteiger partial charge in [-0.15, -0.1) is 0 Å². The molecule has 1 atom stereocenters. The largest absolute Gasteiger partial charge is 0.548 e. The molecule has 0 aliphatic carbocycles. The Morgan fingerprint density at radius 3 is 1.54 bits per heavy atom. The summed E-state index contributed by atoms with van der Waals surface area (Å²) in [6, 6.07) is 0. The van der Waals surface area contributed by atoms with E-state index in [2.05, 4.69) is 18.0 Å². The second-order valence-electron chi connectivity index (χ2n) is 3.91. The fourth-order valence-corrected chi connectivity index (χ4v) is 2.71. The molecule has 0 radical (unpaired) electrons. The van der Waals surface area contributed by atoms with Crippen LogP contribution in [0.3, 0.4) is 0 Å². The van der Waals surface area contributed by atoms with E-state index in [0.717, 1.165) is 0 Å². The van der Waals surface area contributed by atoms with Crippen molar-refractivity contribution in [3.8, 4) is 0 Å². The van der Waals surface area contributed by atoms with E-state index in [1.165, 1.54) is 0 Å². The maximum Gasteiger partial charge on any atom is 0.548 e. The van der Waals surface area contributed by atoms with Crippen molar-refractivity contribution in [3.63, 3.8) is 0 Å². The van der Waals surface area contributed by atoms with E-state index in [9.17, 15) is 48.3 Å². The Hall–Kier alpha value is -0.713. The Bertz CT molecular complexity index is 406. The minimum absolute atomic E-state index is 0.413. The van der Waals surface area contributed by atoms with Gasteiger partial charge in [-0.3, -0.25) is 4.74 Å². The van der Waals surface area contributed by atoms with E-state index >= 15 is 0 Å². The molecule has 0 amide bonds. The van der Waals surface area contributed by atoms with E-state index in [-0.39, 0.29) is 0 Å². The molecular weight excluding hydrogens is 397 g/mol. The molecule has 0 spiro atoms. The quantitative estimate of drug-likeness (QED) is 0.352. The molecule has 0 N–H and O–H groups in total. The first-order valence-electron chi connectivity index (χ1n) is 5.40. The standard InChI is InChI=1S/C8H9F11O4Si/c1-20-24(21-2,4(9)5(10,11)12)23-3-22-8(18,19)6(13,14)7(15,16)17/h4H,3H2,1-2H3. The maximum absolute atomic E-state index is 13.3. The molecule has 0 saturated heterocycles. The highest BCUT2D eigenvalue weighted by molar-refractivity contribution is 6.62. The highest BCUT2D eigenvalue weighted by Crippen LogP contribution is 2.47. The monoisotopic (exact) mass is 406 g/mol. The second kappa shape index (κ2) is 7.26. The lowest BCUT2D eigenvalue weighted by atomic mass is 10.3. The topological polar surface area (TPSA) is 36.9 Å². The third kappa shape index (κ3) is 4.68. The number of alkyl halides is 11. The molecule has 0 fully saturated rings. The van der Waals surface area contributed by atoms with Crippen molar-refractivity contribution in [2.45, 2.75) is 30.2 Å². The number of ether oxygens (including phenoxy) is 1. The number of halogens is 11. The first-order chi connectivity index (χ1) is 10.5. The summed E-state index contributed by atoms with van der Waals surface area (Å²) in [5.41, 5.74) is 0. The van der Waals surface area contributed by atoms with Crippen LogP contribution in [0.5, 0.6) is 0 Å². The van der Waals surface area contributed by atoms with Gasteiger partial charge >= 0.3 is 33.2 Å². The van der Waals surface area contributed by atoms with Crippen molar-refractivity contribution < 1.29 is 66.3 Å². The molecule has 16 heteroatoms. The van der Waals surface area contributed by atoms with Crippen molar-refractivity contribution in [3.05, 3.63) is 0 Å². The van der Waals surface area contributed by atoms with Gasteiger partial charge in [-0.1, -0.05) is 0 Å². The minimum atomic E-state index is -6.73. The van der Waals surface area contributed by atoms with Gasteiger partial charge in [0.25, 0.3) is 5.79 Å². The first-order valence-corrected chi connectivity index (χ1v) is 7.20. The van der Waals surface area contributed by atoms with E-state index in [0.29, 0.717) is 14.2 Å². The average molecular weight is 406 g/mol. The zero-order valence-corrected chi connectivity index (χ0v) is 12.6. The Balaban J connectivity index is 5.16. The molecule has 1 unspecified atom stereocenters. The van der Waals surface area contributed by atoms with E-state index < -0.39 is 45.8 Å². The third-order valence-electron chi connectivity index (χ3n) is 2.39. The summed E-state index contributed by atoms with van der Waals surface area (Å²) in [6.45, 7) is -2.30. The van der Waals surface area contributed by atoms with Crippen LogP contribution in [-0.4, -0.2) is 60.0 Å². The summed E-state index contributed by atoms with van der Waals surface area (Å²) in [4.78, 5) is 0. The van der Waals surface area contributed by atoms with Crippen LogP contribution in [0.15, 0.2) is 0 Å². The molecule has 24 heavy (non-hydrogen) atoms. The molecule has 4 nitrogen and oxygen atoms in total. The third-order valence-corrected chi connectivity index (χ3v) is 5.00. The summed E-state index contributed by atoms with van der Waals surface area (Å²) in [5, 5.41) is 0. The van der Waals surface area contributed by atoms with Crippen LogP contribution >= 0.6 is 0 Å². The normalized spacial score (nSPS) is 16.4. The molecule has 0 aliphatic rings. The summed E-state index contributed by atoms with van der Waals surface area (Å²) in [7, 11) is -4.64. The zero-order valence-electron chi connectivity index (χ0n) is 11.6. The Kier molecular flexibility index (Phi) is 7.05. The predicted octanol–water partition coefficient (Wildman–Crippen LogP) is 3.44. The average Bonchev–Trinajstić information content (AvgIpc) is 2.40. The van der Waals surface area contributed by atoms with Gasteiger partial charge in [0, 0.05) is 14.2 Å². The Morgan fingerprint density at radius 2 is 1.25 bits per heavy atom. The van der Waals surface area contributed by atoms with Crippen molar-refractivity contribution >= 4 is 8.80 Å². The molecule has 0 heterocycles. The summed E-state index contributed by atoms with van der Waals surface area (Å²) in [6.07, 6.45) is -18.6. The van der Waals surface area contributed by atoms with Gasteiger partial charge in [-0.05, 0) is 0 Å². The van der Waals surface area contributed by atoms with Gasteiger partial charge in [-0.2, -0.15) is 43.9 Å². The zero-order chi connectivity index (χ0) is 19.6. The van der Waals surface area contributed by atoms with E-state index in [1.54, 1.807) is 0 Å². The van der Waals surface area contributed by atoms with Gasteiger partial charge in [0.1, 0.15) is 6.79 Å². The molecule has 0 aliphatic heterocycles.